The predicted molar refractivity (Wildman–Crippen MR) is 55.6 cm³/mol. The van der Waals surface area contributed by atoms with Gasteiger partial charge in [0, 0.05) is 6.54 Å². The minimum atomic E-state index is -0.148. The second-order valence-corrected chi connectivity index (χ2v) is 3.36. The summed E-state index contributed by atoms with van der Waals surface area (Å²) in [5, 5.41) is 18.4. The van der Waals surface area contributed by atoms with Gasteiger partial charge in [0.15, 0.2) is 11.5 Å². The van der Waals surface area contributed by atoms with Crippen molar-refractivity contribution in [2.75, 3.05) is 6.54 Å². The average molecular weight is 244 g/mol. The summed E-state index contributed by atoms with van der Waals surface area (Å²) in [6.45, 7) is 0.444. The Morgan fingerprint density at radius 3 is 2.62 bits per heavy atom. The monoisotopic (exact) mass is 243 g/mol. The third-order valence-electron chi connectivity index (χ3n) is 1.51. The van der Waals surface area contributed by atoms with E-state index in [0.29, 0.717) is 11.0 Å². The van der Waals surface area contributed by atoms with Gasteiger partial charge >= 0.3 is 0 Å². The number of nitrogens with two attached hydrogens (primary N) is 1. The summed E-state index contributed by atoms with van der Waals surface area (Å²) in [5.41, 5.74) is 6.06. The summed E-state index contributed by atoms with van der Waals surface area (Å²) >= 11 is 3.11. The van der Waals surface area contributed by atoms with Gasteiger partial charge in [-0.2, -0.15) is 0 Å². The van der Waals surface area contributed by atoms with Crippen molar-refractivity contribution in [2.45, 2.75) is 0 Å². The third-order valence-corrected chi connectivity index (χ3v) is 2.12. The first-order valence-corrected chi connectivity index (χ1v) is 4.52. The molecule has 3 nitrogen and oxygen atoms in total. The number of aromatic hydroxyl groups is 2. The highest BCUT2D eigenvalue weighted by atomic mass is 79.9. The molecular formula is C9H10BrNO2. The van der Waals surface area contributed by atoms with Gasteiger partial charge in [0.1, 0.15) is 0 Å². The van der Waals surface area contributed by atoms with Crippen molar-refractivity contribution in [2.24, 2.45) is 5.73 Å². The minimum Gasteiger partial charge on any atom is -0.504 e. The van der Waals surface area contributed by atoms with E-state index in [2.05, 4.69) is 15.9 Å². The highest BCUT2D eigenvalue weighted by molar-refractivity contribution is 9.10. The smallest absolute Gasteiger partial charge is 0.171 e. The molecule has 0 atom stereocenters. The first-order valence-electron chi connectivity index (χ1n) is 3.73. The fraction of sp³-hybridized carbons (Fsp3) is 0.111. The fourth-order valence-electron chi connectivity index (χ4n) is 0.905. The van der Waals surface area contributed by atoms with Crippen LogP contribution >= 0.6 is 15.9 Å². The predicted octanol–water partition coefficient (Wildman–Crippen LogP) is 1.83. The normalized spacial score (nSPS) is 10.9. The van der Waals surface area contributed by atoms with Crippen molar-refractivity contribution in [3.63, 3.8) is 0 Å². The van der Waals surface area contributed by atoms with Gasteiger partial charge in [-0.25, -0.2) is 0 Å². The molecule has 1 aromatic rings. The van der Waals surface area contributed by atoms with Crippen molar-refractivity contribution < 1.29 is 10.2 Å². The van der Waals surface area contributed by atoms with Crippen LogP contribution in [0, 0.1) is 0 Å². The zero-order chi connectivity index (χ0) is 9.84. The molecule has 0 unspecified atom stereocenters. The molecule has 0 aromatic heterocycles. The van der Waals surface area contributed by atoms with Gasteiger partial charge in [-0.1, -0.05) is 12.2 Å². The summed E-state index contributed by atoms with van der Waals surface area (Å²) in [4.78, 5) is 0. The molecule has 0 fully saturated rings. The molecule has 0 radical (unpaired) electrons. The number of benzene rings is 1. The highest BCUT2D eigenvalue weighted by Crippen LogP contribution is 2.34. The maximum atomic E-state index is 9.24. The molecule has 0 saturated heterocycles. The lowest BCUT2D eigenvalue weighted by atomic mass is 10.2. The maximum Gasteiger partial charge on any atom is 0.171 e. The number of halogens is 1. The van der Waals surface area contributed by atoms with Crippen LogP contribution in [0.5, 0.6) is 11.5 Å². The largest absolute Gasteiger partial charge is 0.504 e. The first kappa shape index (κ1) is 10.1. The zero-order valence-corrected chi connectivity index (χ0v) is 8.45. The zero-order valence-electron chi connectivity index (χ0n) is 6.87. The van der Waals surface area contributed by atoms with Crippen LogP contribution < -0.4 is 5.73 Å². The van der Waals surface area contributed by atoms with E-state index in [1.807, 2.05) is 0 Å². The number of hydrogen-bond acceptors (Lipinski definition) is 3. The van der Waals surface area contributed by atoms with E-state index in [9.17, 15) is 10.2 Å². The third kappa shape index (κ3) is 2.47. The molecule has 0 aliphatic carbocycles. The van der Waals surface area contributed by atoms with Gasteiger partial charge < -0.3 is 15.9 Å². The van der Waals surface area contributed by atoms with Crippen molar-refractivity contribution >= 4 is 22.0 Å². The van der Waals surface area contributed by atoms with Gasteiger partial charge in [-0.3, -0.25) is 0 Å². The Morgan fingerprint density at radius 1 is 1.38 bits per heavy atom. The van der Waals surface area contributed by atoms with Crippen LogP contribution in [-0.4, -0.2) is 16.8 Å². The number of hydrogen-bond donors (Lipinski definition) is 3. The molecule has 70 valence electrons. The van der Waals surface area contributed by atoms with Crippen LogP contribution in [0.3, 0.4) is 0 Å². The van der Waals surface area contributed by atoms with Crippen LogP contribution in [0.1, 0.15) is 5.56 Å². The van der Waals surface area contributed by atoms with Crippen LogP contribution in [0.4, 0.5) is 0 Å². The molecule has 13 heavy (non-hydrogen) atoms. The second-order valence-electron chi connectivity index (χ2n) is 2.51. The molecule has 0 aliphatic heterocycles. The van der Waals surface area contributed by atoms with Gasteiger partial charge in [0.05, 0.1) is 4.47 Å². The first-order chi connectivity index (χ1) is 6.15. The molecule has 4 heteroatoms. The molecule has 0 spiro atoms. The second kappa shape index (κ2) is 4.30. The SMILES string of the molecule is NC/C=C/c1cc(O)c(O)c(Br)c1. The Hall–Kier alpha value is -1.00. The highest BCUT2D eigenvalue weighted by Gasteiger charge is 2.04. The van der Waals surface area contributed by atoms with E-state index in [-0.39, 0.29) is 11.5 Å². The lowest BCUT2D eigenvalue weighted by Gasteiger charge is -2.01. The molecule has 1 rings (SSSR count). The summed E-state index contributed by atoms with van der Waals surface area (Å²) in [6.07, 6.45) is 3.53. The summed E-state index contributed by atoms with van der Waals surface area (Å²) < 4.78 is 0.462. The fourth-order valence-corrected chi connectivity index (χ4v) is 1.37. The van der Waals surface area contributed by atoms with Crippen LogP contribution in [0.15, 0.2) is 22.7 Å². The van der Waals surface area contributed by atoms with Gasteiger partial charge in [0.25, 0.3) is 0 Å². The summed E-state index contributed by atoms with van der Waals surface area (Å²) in [5.74, 6) is -0.295. The van der Waals surface area contributed by atoms with Crippen molar-refractivity contribution in [1.29, 1.82) is 0 Å². The van der Waals surface area contributed by atoms with E-state index < -0.39 is 0 Å². The number of phenols is 2. The van der Waals surface area contributed by atoms with E-state index >= 15 is 0 Å². The van der Waals surface area contributed by atoms with Gasteiger partial charge in [0.2, 0.25) is 0 Å². The standard InChI is InChI=1S/C9H10BrNO2/c10-7-4-6(2-1-3-11)5-8(12)9(7)13/h1-2,4-5,12-13H,3,11H2/b2-1+. The van der Waals surface area contributed by atoms with E-state index in [0.717, 1.165) is 5.56 Å². The van der Waals surface area contributed by atoms with Gasteiger partial charge in [-0.05, 0) is 33.6 Å². The number of rotatable bonds is 2. The molecule has 0 saturated carbocycles. The Balaban J connectivity index is 3.06. The Morgan fingerprint density at radius 2 is 2.08 bits per heavy atom. The molecular weight excluding hydrogens is 234 g/mol. The van der Waals surface area contributed by atoms with E-state index in [4.69, 9.17) is 5.73 Å². The Kier molecular flexibility index (Phi) is 3.33. The molecule has 0 amide bonds. The van der Waals surface area contributed by atoms with E-state index in [1.54, 1.807) is 18.2 Å². The van der Waals surface area contributed by atoms with Crippen molar-refractivity contribution in [1.82, 2.24) is 0 Å². The van der Waals surface area contributed by atoms with Gasteiger partial charge in [-0.15, -0.1) is 0 Å². The van der Waals surface area contributed by atoms with Crippen LogP contribution in [0.2, 0.25) is 0 Å². The molecule has 0 aliphatic rings. The van der Waals surface area contributed by atoms with Crippen molar-refractivity contribution in [3.05, 3.63) is 28.2 Å². The lowest BCUT2D eigenvalue weighted by molar-refractivity contribution is 0.401. The van der Waals surface area contributed by atoms with Crippen molar-refractivity contribution in [3.8, 4) is 11.5 Å². The molecule has 4 N–H and O–H groups in total. The molecule has 1 aromatic carbocycles. The average Bonchev–Trinajstić information content (AvgIpc) is 2.10. The maximum absolute atomic E-state index is 9.24. The quantitative estimate of drug-likeness (QED) is 0.695. The van der Waals surface area contributed by atoms with Crippen LogP contribution in [0.25, 0.3) is 6.08 Å². The van der Waals surface area contributed by atoms with E-state index in [1.165, 1.54) is 6.07 Å². The summed E-state index contributed by atoms with van der Waals surface area (Å²) in [6, 6.07) is 3.16. The topological polar surface area (TPSA) is 66.5 Å². The summed E-state index contributed by atoms with van der Waals surface area (Å²) in [7, 11) is 0. The Bertz CT molecular complexity index is 313. The lowest BCUT2D eigenvalue weighted by Crippen LogP contribution is -1.91. The minimum absolute atomic E-state index is 0.147. The van der Waals surface area contributed by atoms with Crippen LogP contribution in [-0.2, 0) is 0 Å². The molecule has 0 bridgehead atoms. The molecule has 0 heterocycles. The number of phenolic OH excluding ortho intramolecular Hbond substituents is 2. The Labute approximate surface area is 84.6 Å².